The van der Waals surface area contributed by atoms with Crippen LogP contribution in [-0.4, -0.2) is 14.5 Å². The molecule has 0 aliphatic heterocycles. The highest BCUT2D eigenvalue weighted by molar-refractivity contribution is 7.71. The van der Waals surface area contributed by atoms with Crippen molar-refractivity contribution in [1.29, 1.82) is 0 Å². The minimum Gasteiger partial charge on any atom is -0.329 e. The molecule has 2 aromatic rings. The molecule has 0 amide bonds. The molecular formula is C11H13N3S. The number of hydrogen-bond donors (Lipinski definition) is 1. The maximum atomic E-state index is 5.31. The van der Waals surface area contributed by atoms with Crippen LogP contribution in [0, 0.1) is 10.7 Å². The van der Waals surface area contributed by atoms with E-state index < -0.39 is 0 Å². The first kappa shape index (κ1) is 9.09. The molecule has 0 bridgehead atoms. The fraction of sp³-hybridized carbons (Fsp3) is 0.455. The lowest BCUT2D eigenvalue weighted by Gasteiger charge is -2.25. The van der Waals surface area contributed by atoms with Crippen LogP contribution >= 0.6 is 12.2 Å². The van der Waals surface area contributed by atoms with Crippen LogP contribution in [0.1, 0.15) is 19.3 Å². The molecular weight excluding hydrogens is 206 g/mol. The molecule has 1 aliphatic carbocycles. The van der Waals surface area contributed by atoms with E-state index in [0.29, 0.717) is 0 Å². The van der Waals surface area contributed by atoms with Gasteiger partial charge in [-0.2, -0.15) is 0 Å². The van der Waals surface area contributed by atoms with Gasteiger partial charge in [0.2, 0.25) is 0 Å². The summed E-state index contributed by atoms with van der Waals surface area (Å²) >= 11 is 5.31. The third kappa shape index (κ3) is 1.49. The molecule has 3 rings (SSSR count). The number of aromatic nitrogens is 3. The highest BCUT2D eigenvalue weighted by atomic mass is 32.1. The molecule has 2 heterocycles. The number of fused-ring (bicyclic) bond motifs is 1. The smallest absolute Gasteiger partial charge is 0.179 e. The number of imidazole rings is 1. The molecule has 0 saturated heterocycles. The lowest BCUT2D eigenvalue weighted by atomic mass is 9.85. The van der Waals surface area contributed by atoms with E-state index in [1.807, 2.05) is 18.3 Å². The molecule has 78 valence electrons. The van der Waals surface area contributed by atoms with Gasteiger partial charge in [0.1, 0.15) is 0 Å². The highest BCUT2D eigenvalue weighted by Crippen LogP contribution is 2.28. The number of pyridine rings is 1. The van der Waals surface area contributed by atoms with Gasteiger partial charge in [0.05, 0.1) is 5.52 Å². The first-order valence-corrected chi connectivity index (χ1v) is 5.79. The van der Waals surface area contributed by atoms with Crippen molar-refractivity contribution in [3.63, 3.8) is 0 Å². The van der Waals surface area contributed by atoms with Gasteiger partial charge in [0, 0.05) is 12.7 Å². The molecule has 1 N–H and O–H groups in total. The summed E-state index contributed by atoms with van der Waals surface area (Å²) in [6.07, 6.45) is 5.86. The van der Waals surface area contributed by atoms with E-state index in [1.54, 1.807) is 0 Å². The summed E-state index contributed by atoms with van der Waals surface area (Å²) in [4.78, 5) is 7.57. The van der Waals surface area contributed by atoms with Crippen LogP contribution < -0.4 is 0 Å². The maximum Gasteiger partial charge on any atom is 0.179 e. The Bertz CT molecular complexity index is 536. The Kier molecular flexibility index (Phi) is 2.09. The van der Waals surface area contributed by atoms with Crippen LogP contribution in [-0.2, 0) is 6.54 Å². The summed E-state index contributed by atoms with van der Waals surface area (Å²) in [5, 5.41) is 0. The Balaban J connectivity index is 2.07. The van der Waals surface area contributed by atoms with Crippen LogP contribution in [0.3, 0.4) is 0 Å². The van der Waals surface area contributed by atoms with E-state index in [1.165, 1.54) is 19.3 Å². The average Bonchev–Trinajstić information content (AvgIpc) is 2.48. The molecule has 2 aromatic heterocycles. The molecule has 0 radical (unpaired) electrons. The second-order valence-electron chi connectivity index (χ2n) is 4.21. The van der Waals surface area contributed by atoms with Gasteiger partial charge in [-0.3, -0.25) is 0 Å². The number of rotatable bonds is 2. The quantitative estimate of drug-likeness (QED) is 0.788. The van der Waals surface area contributed by atoms with Crippen LogP contribution in [0.5, 0.6) is 0 Å². The summed E-state index contributed by atoms with van der Waals surface area (Å²) in [5.41, 5.74) is 2.04. The second-order valence-corrected chi connectivity index (χ2v) is 4.60. The number of nitrogens with one attached hydrogen (secondary N) is 1. The molecule has 1 saturated carbocycles. The zero-order valence-electron chi connectivity index (χ0n) is 8.44. The van der Waals surface area contributed by atoms with E-state index in [0.717, 1.165) is 28.4 Å². The molecule has 0 spiro atoms. The van der Waals surface area contributed by atoms with Crippen molar-refractivity contribution in [1.82, 2.24) is 14.5 Å². The number of aromatic amines is 1. The molecule has 1 fully saturated rings. The molecule has 0 atom stereocenters. The van der Waals surface area contributed by atoms with Crippen molar-refractivity contribution in [3.8, 4) is 0 Å². The summed E-state index contributed by atoms with van der Waals surface area (Å²) in [5.74, 6) is 0.803. The maximum absolute atomic E-state index is 5.31. The summed E-state index contributed by atoms with van der Waals surface area (Å²) in [6.45, 7) is 1.02. The van der Waals surface area contributed by atoms with Crippen molar-refractivity contribution in [2.75, 3.05) is 0 Å². The zero-order chi connectivity index (χ0) is 10.3. The SMILES string of the molecule is S=c1[nH]c2cccnc2n1CC1CCC1. The van der Waals surface area contributed by atoms with Crippen molar-refractivity contribution < 1.29 is 0 Å². The molecule has 0 unspecified atom stereocenters. The Morgan fingerprint density at radius 2 is 2.40 bits per heavy atom. The normalized spacial score (nSPS) is 16.8. The fourth-order valence-corrected chi connectivity index (χ4v) is 2.36. The number of nitrogens with zero attached hydrogens (tertiary/aromatic N) is 2. The first-order valence-electron chi connectivity index (χ1n) is 5.38. The predicted octanol–water partition coefficient (Wildman–Crippen LogP) is 2.89. The van der Waals surface area contributed by atoms with Gasteiger partial charge in [-0.15, -0.1) is 0 Å². The van der Waals surface area contributed by atoms with E-state index in [9.17, 15) is 0 Å². The van der Waals surface area contributed by atoms with Gasteiger partial charge < -0.3 is 9.55 Å². The molecule has 3 nitrogen and oxygen atoms in total. The van der Waals surface area contributed by atoms with Gasteiger partial charge in [0.15, 0.2) is 10.4 Å². The van der Waals surface area contributed by atoms with Crippen LogP contribution in [0.25, 0.3) is 11.2 Å². The summed E-state index contributed by atoms with van der Waals surface area (Å²) < 4.78 is 2.93. The van der Waals surface area contributed by atoms with Crippen LogP contribution in [0.4, 0.5) is 0 Å². The van der Waals surface area contributed by atoms with E-state index >= 15 is 0 Å². The third-order valence-electron chi connectivity index (χ3n) is 3.19. The van der Waals surface area contributed by atoms with Crippen molar-refractivity contribution >= 4 is 23.4 Å². The lowest BCUT2D eigenvalue weighted by molar-refractivity contribution is 0.278. The molecule has 0 aromatic carbocycles. The van der Waals surface area contributed by atoms with Gasteiger partial charge >= 0.3 is 0 Å². The highest BCUT2D eigenvalue weighted by Gasteiger charge is 2.19. The summed E-state index contributed by atoms with van der Waals surface area (Å²) in [7, 11) is 0. The number of hydrogen-bond acceptors (Lipinski definition) is 2. The van der Waals surface area contributed by atoms with Crippen molar-refractivity contribution in [2.24, 2.45) is 5.92 Å². The van der Waals surface area contributed by atoms with E-state index in [2.05, 4.69) is 14.5 Å². The second kappa shape index (κ2) is 3.45. The largest absolute Gasteiger partial charge is 0.329 e. The first-order chi connectivity index (χ1) is 7.34. The number of H-pyrrole nitrogens is 1. The summed E-state index contributed by atoms with van der Waals surface area (Å²) in [6, 6.07) is 3.96. The minimum atomic E-state index is 0.801. The standard InChI is InChI=1S/C11H13N3S/c15-11-13-9-5-2-6-12-10(9)14(11)7-8-3-1-4-8/h2,5-6,8H,1,3-4,7H2,(H,13,15). The predicted molar refractivity (Wildman–Crippen MR) is 62.3 cm³/mol. The minimum absolute atomic E-state index is 0.801. The fourth-order valence-electron chi connectivity index (χ4n) is 2.09. The molecule has 4 heteroatoms. The Hall–Kier alpha value is -1.16. The van der Waals surface area contributed by atoms with Crippen LogP contribution in [0.2, 0.25) is 0 Å². The lowest BCUT2D eigenvalue weighted by Crippen LogP contribution is -2.18. The van der Waals surface area contributed by atoms with Crippen molar-refractivity contribution in [2.45, 2.75) is 25.8 Å². The van der Waals surface area contributed by atoms with Crippen LogP contribution in [0.15, 0.2) is 18.3 Å². The third-order valence-corrected chi connectivity index (χ3v) is 3.52. The van der Waals surface area contributed by atoms with Gasteiger partial charge in [-0.1, -0.05) is 6.42 Å². The molecule has 15 heavy (non-hydrogen) atoms. The Morgan fingerprint density at radius 3 is 3.13 bits per heavy atom. The van der Waals surface area contributed by atoms with E-state index in [-0.39, 0.29) is 0 Å². The van der Waals surface area contributed by atoms with Crippen molar-refractivity contribution in [3.05, 3.63) is 23.1 Å². The van der Waals surface area contributed by atoms with Gasteiger partial charge in [-0.05, 0) is 43.1 Å². The average molecular weight is 219 g/mol. The Morgan fingerprint density at radius 1 is 1.53 bits per heavy atom. The van der Waals surface area contributed by atoms with Gasteiger partial charge in [0.25, 0.3) is 0 Å². The Labute approximate surface area is 93.1 Å². The molecule has 1 aliphatic rings. The zero-order valence-corrected chi connectivity index (χ0v) is 9.26. The monoisotopic (exact) mass is 219 g/mol. The van der Waals surface area contributed by atoms with Gasteiger partial charge in [-0.25, -0.2) is 4.98 Å². The topological polar surface area (TPSA) is 33.6 Å². The van der Waals surface area contributed by atoms with E-state index in [4.69, 9.17) is 12.2 Å².